The monoisotopic (exact) mass is 334 g/mol. The molecule has 4 heteroatoms. The Labute approximate surface area is 147 Å². The quantitative estimate of drug-likeness (QED) is 0.757. The Bertz CT molecular complexity index is 811. The van der Waals surface area contributed by atoms with Crippen LogP contribution < -0.4 is 5.32 Å². The second-order valence-electron chi connectivity index (χ2n) is 6.49. The first kappa shape index (κ1) is 16.1. The molecule has 4 rings (SSSR count). The molecular formula is C21H22N2O2. The maximum absolute atomic E-state index is 5.99. The molecule has 2 aromatic heterocycles. The van der Waals surface area contributed by atoms with Gasteiger partial charge < -0.3 is 14.5 Å². The van der Waals surface area contributed by atoms with Gasteiger partial charge in [-0.1, -0.05) is 35.9 Å². The van der Waals surface area contributed by atoms with Gasteiger partial charge in [-0.25, -0.2) is 0 Å². The van der Waals surface area contributed by atoms with Crippen molar-refractivity contribution in [2.24, 2.45) is 0 Å². The Hall–Kier alpha value is -2.43. The normalized spacial score (nSPS) is 20.0. The summed E-state index contributed by atoms with van der Waals surface area (Å²) in [6.07, 6.45) is 4.72. The van der Waals surface area contributed by atoms with Crippen molar-refractivity contribution in [3.63, 3.8) is 0 Å². The summed E-state index contributed by atoms with van der Waals surface area (Å²) >= 11 is 0. The van der Waals surface area contributed by atoms with Gasteiger partial charge in [-0.05, 0) is 31.5 Å². The number of aromatic nitrogens is 1. The van der Waals surface area contributed by atoms with Crippen molar-refractivity contribution in [1.82, 2.24) is 10.3 Å². The van der Waals surface area contributed by atoms with E-state index in [9.17, 15) is 0 Å². The summed E-state index contributed by atoms with van der Waals surface area (Å²) in [6, 6.07) is 16.8. The largest absolute Gasteiger partial charge is 0.460 e. The van der Waals surface area contributed by atoms with Crippen LogP contribution in [0.25, 0.3) is 11.3 Å². The van der Waals surface area contributed by atoms with Gasteiger partial charge in [-0.2, -0.15) is 0 Å². The van der Waals surface area contributed by atoms with Crippen LogP contribution >= 0.6 is 0 Å². The molecule has 1 N–H and O–H groups in total. The Kier molecular flexibility index (Phi) is 4.63. The summed E-state index contributed by atoms with van der Waals surface area (Å²) in [5.74, 6) is 1.84. The molecule has 0 aliphatic carbocycles. The first-order chi connectivity index (χ1) is 12.3. The van der Waals surface area contributed by atoms with Crippen LogP contribution in [-0.2, 0) is 11.3 Å². The zero-order chi connectivity index (χ0) is 17.1. The highest BCUT2D eigenvalue weighted by atomic mass is 16.5. The predicted octanol–water partition coefficient (Wildman–Crippen LogP) is 4.27. The van der Waals surface area contributed by atoms with Crippen molar-refractivity contribution >= 4 is 0 Å². The molecule has 0 bridgehead atoms. The Morgan fingerprint density at radius 1 is 1.12 bits per heavy atom. The third-order valence-electron chi connectivity index (χ3n) is 4.64. The predicted molar refractivity (Wildman–Crippen MR) is 97.1 cm³/mol. The van der Waals surface area contributed by atoms with Crippen molar-refractivity contribution in [3.05, 3.63) is 77.8 Å². The summed E-state index contributed by atoms with van der Waals surface area (Å²) in [5, 5.41) is 3.57. The molecule has 128 valence electrons. The number of nitrogens with one attached hydrogen (secondary N) is 1. The van der Waals surface area contributed by atoms with E-state index in [1.54, 1.807) is 6.20 Å². The Balaban J connectivity index is 1.41. The van der Waals surface area contributed by atoms with Gasteiger partial charge in [-0.3, -0.25) is 4.98 Å². The number of hydrogen-bond acceptors (Lipinski definition) is 4. The van der Waals surface area contributed by atoms with Gasteiger partial charge in [0.15, 0.2) is 0 Å². The number of furan rings is 1. The van der Waals surface area contributed by atoms with Crippen LogP contribution in [0.3, 0.4) is 0 Å². The van der Waals surface area contributed by atoms with E-state index in [-0.39, 0.29) is 12.1 Å². The van der Waals surface area contributed by atoms with Gasteiger partial charge in [-0.15, -0.1) is 0 Å². The van der Waals surface area contributed by atoms with Crippen molar-refractivity contribution in [2.45, 2.75) is 32.0 Å². The first-order valence-electron chi connectivity index (χ1n) is 8.70. The average Bonchev–Trinajstić information content (AvgIpc) is 3.31. The molecule has 0 amide bonds. The number of aryl methyl sites for hydroxylation is 1. The summed E-state index contributed by atoms with van der Waals surface area (Å²) in [4.78, 5) is 4.20. The van der Waals surface area contributed by atoms with Crippen LogP contribution in [-0.4, -0.2) is 17.6 Å². The lowest BCUT2D eigenvalue weighted by atomic mass is 10.0. The van der Waals surface area contributed by atoms with Crippen molar-refractivity contribution < 1.29 is 9.15 Å². The molecule has 4 nitrogen and oxygen atoms in total. The lowest BCUT2D eigenvalue weighted by Crippen LogP contribution is -2.31. The second-order valence-corrected chi connectivity index (χ2v) is 6.49. The molecule has 25 heavy (non-hydrogen) atoms. The lowest BCUT2D eigenvalue weighted by molar-refractivity contribution is 0.0978. The molecular weight excluding hydrogens is 312 g/mol. The molecule has 1 aliphatic heterocycles. The number of rotatable bonds is 5. The molecule has 1 saturated heterocycles. The van der Waals surface area contributed by atoms with Gasteiger partial charge in [0, 0.05) is 36.2 Å². The van der Waals surface area contributed by atoms with Crippen molar-refractivity contribution in [3.8, 4) is 11.3 Å². The zero-order valence-electron chi connectivity index (χ0n) is 14.3. The Morgan fingerprint density at radius 3 is 2.80 bits per heavy atom. The van der Waals surface area contributed by atoms with Crippen LogP contribution in [0.1, 0.15) is 29.4 Å². The Morgan fingerprint density at radius 2 is 2.00 bits per heavy atom. The van der Waals surface area contributed by atoms with Crippen LogP contribution in [0.2, 0.25) is 0 Å². The number of pyridine rings is 1. The summed E-state index contributed by atoms with van der Waals surface area (Å²) in [7, 11) is 0. The van der Waals surface area contributed by atoms with E-state index in [2.05, 4.69) is 47.6 Å². The summed E-state index contributed by atoms with van der Waals surface area (Å²) in [5.41, 5.74) is 3.48. The molecule has 0 spiro atoms. The summed E-state index contributed by atoms with van der Waals surface area (Å²) < 4.78 is 11.9. The van der Waals surface area contributed by atoms with Gasteiger partial charge in [0.25, 0.3) is 0 Å². The van der Waals surface area contributed by atoms with Gasteiger partial charge >= 0.3 is 0 Å². The van der Waals surface area contributed by atoms with Crippen LogP contribution in [0.15, 0.2) is 65.3 Å². The third-order valence-corrected chi connectivity index (χ3v) is 4.64. The minimum absolute atomic E-state index is 0.0558. The minimum atomic E-state index is 0.0558. The van der Waals surface area contributed by atoms with Crippen LogP contribution in [0.5, 0.6) is 0 Å². The van der Waals surface area contributed by atoms with Gasteiger partial charge in [0.2, 0.25) is 0 Å². The van der Waals surface area contributed by atoms with Crippen LogP contribution in [0, 0.1) is 6.92 Å². The zero-order valence-corrected chi connectivity index (χ0v) is 14.3. The fourth-order valence-corrected chi connectivity index (χ4v) is 3.25. The molecule has 3 heterocycles. The van der Waals surface area contributed by atoms with Crippen molar-refractivity contribution in [2.75, 3.05) is 6.61 Å². The fourth-order valence-electron chi connectivity index (χ4n) is 3.25. The van der Waals surface area contributed by atoms with Crippen LogP contribution in [0.4, 0.5) is 0 Å². The lowest BCUT2D eigenvalue weighted by Gasteiger charge is -2.19. The van der Waals surface area contributed by atoms with Crippen molar-refractivity contribution in [1.29, 1.82) is 0 Å². The van der Waals surface area contributed by atoms with E-state index < -0.39 is 0 Å². The highest BCUT2D eigenvalue weighted by Gasteiger charge is 2.29. The maximum atomic E-state index is 5.99. The highest BCUT2D eigenvalue weighted by Crippen LogP contribution is 2.29. The molecule has 0 radical (unpaired) electrons. The number of hydrogen-bond donors (Lipinski definition) is 1. The molecule has 2 atom stereocenters. The smallest absolute Gasteiger partial charge is 0.134 e. The van der Waals surface area contributed by atoms with Gasteiger partial charge in [0.05, 0.1) is 12.6 Å². The number of ether oxygens (including phenoxy) is 1. The molecule has 1 fully saturated rings. The molecule has 1 aliphatic rings. The second kappa shape index (κ2) is 7.21. The molecule has 3 aromatic rings. The fraction of sp³-hybridized carbons (Fsp3) is 0.286. The van der Waals surface area contributed by atoms with E-state index in [1.807, 2.05) is 24.4 Å². The van der Waals surface area contributed by atoms with E-state index in [0.29, 0.717) is 6.54 Å². The summed E-state index contributed by atoms with van der Waals surface area (Å²) in [6.45, 7) is 3.55. The number of benzene rings is 1. The van der Waals surface area contributed by atoms with E-state index in [1.165, 1.54) is 5.56 Å². The number of nitrogens with zero attached hydrogens (tertiary/aromatic N) is 1. The topological polar surface area (TPSA) is 47.3 Å². The molecule has 1 aromatic carbocycles. The molecule has 0 unspecified atom stereocenters. The minimum Gasteiger partial charge on any atom is -0.460 e. The highest BCUT2D eigenvalue weighted by molar-refractivity contribution is 5.57. The maximum Gasteiger partial charge on any atom is 0.134 e. The first-order valence-corrected chi connectivity index (χ1v) is 8.70. The molecule has 0 saturated carbocycles. The van der Waals surface area contributed by atoms with Gasteiger partial charge in [0.1, 0.15) is 11.5 Å². The third kappa shape index (κ3) is 3.65. The average molecular weight is 334 g/mol. The SMILES string of the molecule is Cc1ccc(-c2ccc(CN[C@H]3CCO[C@@H]3c3cccnc3)o2)cc1. The standard InChI is InChI=1S/C21H22N2O2/c1-15-4-6-16(7-5-15)20-9-8-18(25-20)14-23-19-10-12-24-21(19)17-3-2-11-22-13-17/h2-9,11,13,19,21,23H,10,12,14H2,1H3/t19-,21+/m0/s1. The van der Waals surface area contributed by atoms with E-state index in [4.69, 9.17) is 9.15 Å². The van der Waals surface area contributed by atoms with E-state index >= 15 is 0 Å². The van der Waals surface area contributed by atoms with E-state index in [0.717, 1.165) is 35.7 Å².